The molecular weight excluding hydrogens is 365 g/mol. The van der Waals surface area contributed by atoms with Gasteiger partial charge in [-0.1, -0.05) is 25.2 Å². The fourth-order valence-corrected chi connectivity index (χ4v) is 2.75. The summed E-state index contributed by atoms with van der Waals surface area (Å²) < 4.78 is 0. The van der Waals surface area contributed by atoms with Crippen molar-refractivity contribution >= 4 is 29.9 Å². The molecule has 1 rings (SSSR count). The van der Waals surface area contributed by atoms with Crippen molar-refractivity contribution in [2.24, 2.45) is 10.4 Å². The third kappa shape index (κ3) is 6.80. The van der Waals surface area contributed by atoms with Gasteiger partial charge in [0.15, 0.2) is 5.96 Å². The first kappa shape index (κ1) is 19.5. The maximum atomic E-state index is 9.29. The molecule has 0 bridgehead atoms. The zero-order valence-electron chi connectivity index (χ0n) is 12.5. The first-order valence-electron chi connectivity index (χ1n) is 7.33. The largest absolute Gasteiger partial charge is 0.396 e. The Morgan fingerprint density at radius 2 is 2.00 bits per heavy atom. The number of terminal acetylenes is 1. The molecule has 1 aliphatic carbocycles. The molecular formula is C15H28IN3O. The van der Waals surface area contributed by atoms with Crippen molar-refractivity contribution in [1.29, 1.82) is 0 Å². The molecule has 0 heterocycles. The van der Waals surface area contributed by atoms with E-state index in [0.29, 0.717) is 6.54 Å². The normalized spacial score (nSPS) is 17.8. The third-order valence-electron chi connectivity index (χ3n) is 3.83. The summed E-state index contributed by atoms with van der Waals surface area (Å²) in [7, 11) is 0. The molecule has 0 amide bonds. The number of aliphatic imine (C=N–C) groups is 1. The lowest BCUT2D eigenvalue weighted by Crippen LogP contribution is -2.39. The van der Waals surface area contributed by atoms with Crippen LogP contribution >= 0.6 is 24.0 Å². The second-order valence-corrected chi connectivity index (χ2v) is 5.29. The lowest BCUT2D eigenvalue weighted by molar-refractivity contribution is 0.137. The number of hydrogen-bond acceptors (Lipinski definition) is 2. The summed E-state index contributed by atoms with van der Waals surface area (Å²) >= 11 is 0. The van der Waals surface area contributed by atoms with E-state index in [1.807, 2.05) is 6.92 Å². The molecule has 0 saturated heterocycles. The van der Waals surface area contributed by atoms with Crippen molar-refractivity contribution < 1.29 is 5.11 Å². The number of hydrogen-bond donors (Lipinski definition) is 3. The topological polar surface area (TPSA) is 56.7 Å². The Bertz CT molecular complexity index is 314. The summed E-state index contributed by atoms with van der Waals surface area (Å²) in [6, 6.07) is 0. The fourth-order valence-electron chi connectivity index (χ4n) is 2.75. The summed E-state index contributed by atoms with van der Waals surface area (Å²) in [6.07, 6.45) is 12.3. The van der Waals surface area contributed by atoms with Gasteiger partial charge in [0.05, 0.1) is 6.54 Å². The van der Waals surface area contributed by atoms with E-state index < -0.39 is 0 Å². The molecule has 4 nitrogen and oxygen atoms in total. The predicted molar refractivity (Wildman–Crippen MR) is 95.5 cm³/mol. The molecule has 116 valence electrons. The zero-order valence-corrected chi connectivity index (χ0v) is 14.8. The highest BCUT2D eigenvalue weighted by Gasteiger charge is 2.31. The Morgan fingerprint density at radius 1 is 1.30 bits per heavy atom. The van der Waals surface area contributed by atoms with Gasteiger partial charge in [-0.25, -0.2) is 0 Å². The van der Waals surface area contributed by atoms with Gasteiger partial charge in [0, 0.05) is 19.7 Å². The van der Waals surface area contributed by atoms with Crippen LogP contribution in [0.5, 0.6) is 0 Å². The number of halogens is 1. The van der Waals surface area contributed by atoms with Crippen LogP contribution < -0.4 is 10.6 Å². The third-order valence-corrected chi connectivity index (χ3v) is 3.83. The highest BCUT2D eigenvalue weighted by atomic mass is 127. The molecule has 1 saturated carbocycles. The van der Waals surface area contributed by atoms with Gasteiger partial charge >= 0.3 is 0 Å². The average molecular weight is 393 g/mol. The molecule has 0 aromatic heterocycles. The molecule has 0 aromatic carbocycles. The van der Waals surface area contributed by atoms with E-state index in [2.05, 4.69) is 21.5 Å². The maximum absolute atomic E-state index is 9.29. The van der Waals surface area contributed by atoms with Gasteiger partial charge in [-0.2, -0.15) is 0 Å². The average Bonchev–Trinajstić information content (AvgIpc) is 2.43. The van der Waals surface area contributed by atoms with Crippen molar-refractivity contribution in [3.8, 4) is 12.3 Å². The second-order valence-electron chi connectivity index (χ2n) is 5.29. The van der Waals surface area contributed by atoms with Crippen LogP contribution in [0.1, 0.15) is 45.4 Å². The summed E-state index contributed by atoms with van der Waals surface area (Å²) in [5.74, 6) is 3.34. The molecule has 3 N–H and O–H groups in total. The Kier molecular flexibility index (Phi) is 10.9. The van der Waals surface area contributed by atoms with E-state index in [0.717, 1.165) is 25.5 Å². The Morgan fingerprint density at radius 3 is 2.55 bits per heavy atom. The summed E-state index contributed by atoms with van der Waals surface area (Å²) in [5.41, 5.74) is 0.186. The first-order valence-corrected chi connectivity index (χ1v) is 7.33. The number of nitrogens with zero attached hydrogens (tertiary/aromatic N) is 1. The number of rotatable bonds is 6. The Labute approximate surface area is 140 Å². The smallest absolute Gasteiger partial charge is 0.192 e. The minimum Gasteiger partial charge on any atom is -0.396 e. The number of guanidine groups is 1. The van der Waals surface area contributed by atoms with E-state index in [1.165, 1.54) is 32.1 Å². The second kappa shape index (κ2) is 11.2. The number of aliphatic hydroxyl groups is 1. The van der Waals surface area contributed by atoms with Crippen LogP contribution in [0.15, 0.2) is 4.99 Å². The van der Waals surface area contributed by atoms with Crippen LogP contribution in [0.2, 0.25) is 0 Å². The standard InChI is InChI=1S/C15H27N3O.HI/c1-3-11-17-14(16-4-2)18-13-15(10-12-19)8-6-5-7-9-15;/h1,19H,4-13H2,2H3,(H2,16,17,18);1H. The highest BCUT2D eigenvalue weighted by molar-refractivity contribution is 14.0. The zero-order chi connectivity index (χ0) is 14.0. The molecule has 5 heteroatoms. The summed E-state index contributed by atoms with van der Waals surface area (Å²) in [5, 5.41) is 15.6. The van der Waals surface area contributed by atoms with Gasteiger partial charge in [0.1, 0.15) is 0 Å². The summed E-state index contributed by atoms with van der Waals surface area (Å²) in [4.78, 5) is 4.65. The van der Waals surface area contributed by atoms with Gasteiger partial charge in [-0.15, -0.1) is 30.4 Å². The molecule has 0 radical (unpaired) electrons. The van der Waals surface area contributed by atoms with E-state index in [-0.39, 0.29) is 36.0 Å². The van der Waals surface area contributed by atoms with E-state index in [9.17, 15) is 5.11 Å². The minimum absolute atomic E-state index is 0. The van der Waals surface area contributed by atoms with E-state index >= 15 is 0 Å². The van der Waals surface area contributed by atoms with Crippen LogP contribution in [0, 0.1) is 17.8 Å². The molecule has 0 aliphatic heterocycles. The number of nitrogens with one attached hydrogen (secondary N) is 2. The predicted octanol–water partition coefficient (Wildman–Crippen LogP) is 2.13. The van der Waals surface area contributed by atoms with Crippen molar-refractivity contribution in [3.05, 3.63) is 0 Å². The molecule has 0 atom stereocenters. The van der Waals surface area contributed by atoms with Gasteiger partial charge in [0.25, 0.3) is 0 Å². The van der Waals surface area contributed by atoms with Gasteiger partial charge in [-0.05, 0) is 31.6 Å². The molecule has 0 unspecified atom stereocenters. The minimum atomic E-state index is 0. The highest BCUT2D eigenvalue weighted by Crippen LogP contribution is 2.39. The monoisotopic (exact) mass is 393 g/mol. The van der Waals surface area contributed by atoms with Crippen molar-refractivity contribution in [3.63, 3.8) is 0 Å². The van der Waals surface area contributed by atoms with E-state index in [1.54, 1.807) is 0 Å². The molecule has 0 aromatic rings. The molecule has 1 fully saturated rings. The van der Waals surface area contributed by atoms with Crippen LogP contribution in [0.25, 0.3) is 0 Å². The lowest BCUT2D eigenvalue weighted by Gasteiger charge is -2.35. The lowest BCUT2D eigenvalue weighted by atomic mass is 9.72. The number of aliphatic hydroxyl groups excluding tert-OH is 1. The van der Waals surface area contributed by atoms with Gasteiger partial charge in [-0.3, -0.25) is 4.99 Å². The van der Waals surface area contributed by atoms with Crippen LogP contribution in [0.3, 0.4) is 0 Å². The van der Waals surface area contributed by atoms with Gasteiger partial charge < -0.3 is 15.7 Å². The Hall–Kier alpha value is -0.480. The SMILES string of the molecule is C#CCNC(=NCC1(CCO)CCCCC1)NCC.I. The molecule has 1 aliphatic rings. The van der Waals surface area contributed by atoms with Crippen LogP contribution in [-0.2, 0) is 0 Å². The first-order chi connectivity index (χ1) is 9.26. The van der Waals surface area contributed by atoms with Crippen molar-refractivity contribution in [1.82, 2.24) is 10.6 Å². The maximum Gasteiger partial charge on any atom is 0.192 e. The quantitative estimate of drug-likeness (QED) is 0.281. The van der Waals surface area contributed by atoms with Crippen molar-refractivity contribution in [2.45, 2.75) is 45.4 Å². The van der Waals surface area contributed by atoms with Crippen molar-refractivity contribution in [2.75, 3.05) is 26.2 Å². The van der Waals surface area contributed by atoms with Crippen LogP contribution in [-0.4, -0.2) is 37.3 Å². The molecule has 0 spiro atoms. The Balaban J connectivity index is 0.00000361. The molecule has 20 heavy (non-hydrogen) atoms. The summed E-state index contributed by atoms with van der Waals surface area (Å²) in [6.45, 7) is 4.37. The van der Waals surface area contributed by atoms with E-state index in [4.69, 9.17) is 6.42 Å². The van der Waals surface area contributed by atoms with Crippen LogP contribution in [0.4, 0.5) is 0 Å². The van der Waals surface area contributed by atoms with Gasteiger partial charge in [0.2, 0.25) is 0 Å². The fraction of sp³-hybridized carbons (Fsp3) is 0.800.